The van der Waals surface area contributed by atoms with Gasteiger partial charge in [-0.1, -0.05) is 19.3 Å². The monoisotopic (exact) mass is 295 g/mol. The predicted molar refractivity (Wildman–Crippen MR) is 82.9 cm³/mol. The maximum Gasteiger partial charge on any atom is 0.224 e. The molecule has 1 unspecified atom stereocenters. The summed E-state index contributed by atoms with van der Waals surface area (Å²) in [6, 6.07) is 0.739. The highest BCUT2D eigenvalue weighted by molar-refractivity contribution is 5.83. The minimum Gasteiger partial charge on any atom is -0.356 e. The van der Waals surface area contributed by atoms with E-state index in [1.807, 2.05) is 0 Å². The van der Waals surface area contributed by atoms with E-state index in [4.69, 9.17) is 0 Å². The molecule has 1 aliphatic heterocycles. The van der Waals surface area contributed by atoms with Crippen molar-refractivity contribution >= 4 is 11.8 Å². The summed E-state index contributed by atoms with van der Waals surface area (Å²) >= 11 is 0. The van der Waals surface area contributed by atoms with Crippen LogP contribution in [0.3, 0.4) is 0 Å². The molecule has 0 aromatic carbocycles. The van der Waals surface area contributed by atoms with E-state index in [-0.39, 0.29) is 17.7 Å². The van der Waals surface area contributed by atoms with Crippen LogP contribution in [0.5, 0.6) is 0 Å². The zero-order valence-corrected chi connectivity index (χ0v) is 13.2. The molecular weight excluding hydrogens is 266 g/mol. The van der Waals surface area contributed by atoms with Crippen LogP contribution < -0.4 is 10.6 Å². The Kier molecular flexibility index (Phi) is 6.49. The number of hydrogen-bond acceptors (Lipinski definition) is 3. The van der Waals surface area contributed by atoms with Gasteiger partial charge in [0.1, 0.15) is 0 Å². The average molecular weight is 295 g/mol. The molecule has 2 fully saturated rings. The summed E-state index contributed by atoms with van der Waals surface area (Å²) in [6.45, 7) is 2.28. The number of rotatable bonds is 6. The number of carbonyl (C=O) groups excluding carboxylic acids is 2. The molecule has 0 aromatic rings. The fourth-order valence-electron chi connectivity index (χ4n) is 3.35. The van der Waals surface area contributed by atoms with Gasteiger partial charge in [0, 0.05) is 25.6 Å². The fraction of sp³-hybridized carbons (Fsp3) is 0.875. The Hall–Kier alpha value is -1.10. The second-order valence-corrected chi connectivity index (χ2v) is 6.46. The molecular formula is C16H29N3O2. The molecule has 0 radical (unpaired) electrons. The van der Waals surface area contributed by atoms with E-state index >= 15 is 0 Å². The zero-order valence-electron chi connectivity index (χ0n) is 13.2. The predicted octanol–water partition coefficient (Wildman–Crippen LogP) is 1.28. The van der Waals surface area contributed by atoms with Gasteiger partial charge in [-0.25, -0.2) is 0 Å². The molecule has 1 aliphatic carbocycles. The Morgan fingerprint density at radius 1 is 1.29 bits per heavy atom. The lowest BCUT2D eigenvalue weighted by Crippen LogP contribution is -2.43. The second-order valence-electron chi connectivity index (χ2n) is 6.46. The van der Waals surface area contributed by atoms with Gasteiger partial charge in [0.2, 0.25) is 11.8 Å². The van der Waals surface area contributed by atoms with Crippen LogP contribution in [0.25, 0.3) is 0 Å². The Labute approximate surface area is 127 Å². The summed E-state index contributed by atoms with van der Waals surface area (Å²) in [5, 5.41) is 5.77. The Balaban J connectivity index is 1.56. The number of amides is 2. The van der Waals surface area contributed by atoms with Crippen LogP contribution in [0.2, 0.25) is 0 Å². The van der Waals surface area contributed by atoms with Crippen LogP contribution in [-0.4, -0.2) is 49.4 Å². The van der Waals surface area contributed by atoms with Crippen molar-refractivity contribution in [3.63, 3.8) is 0 Å². The van der Waals surface area contributed by atoms with E-state index in [0.717, 1.165) is 25.6 Å². The van der Waals surface area contributed by atoms with Crippen molar-refractivity contribution in [1.82, 2.24) is 15.5 Å². The van der Waals surface area contributed by atoms with Gasteiger partial charge >= 0.3 is 0 Å². The van der Waals surface area contributed by atoms with E-state index in [1.54, 1.807) is 0 Å². The van der Waals surface area contributed by atoms with E-state index in [0.29, 0.717) is 19.4 Å². The first-order valence-electron chi connectivity index (χ1n) is 8.41. The molecule has 120 valence electrons. The molecule has 1 saturated heterocycles. The fourth-order valence-corrected chi connectivity index (χ4v) is 3.35. The minimum absolute atomic E-state index is 0.0428. The number of carbonyl (C=O) groups is 2. The molecule has 0 spiro atoms. The molecule has 0 aromatic heterocycles. The van der Waals surface area contributed by atoms with Crippen LogP contribution in [0.15, 0.2) is 0 Å². The van der Waals surface area contributed by atoms with Gasteiger partial charge in [0.05, 0.1) is 5.92 Å². The maximum absolute atomic E-state index is 12.0. The maximum atomic E-state index is 12.0. The van der Waals surface area contributed by atoms with Crippen molar-refractivity contribution < 1.29 is 9.59 Å². The highest BCUT2D eigenvalue weighted by atomic mass is 16.2. The minimum atomic E-state index is -0.0428. The molecule has 2 N–H and O–H groups in total. The van der Waals surface area contributed by atoms with E-state index in [9.17, 15) is 9.59 Å². The average Bonchev–Trinajstić information content (AvgIpc) is 2.52. The summed E-state index contributed by atoms with van der Waals surface area (Å²) in [7, 11) is 2.20. The largest absolute Gasteiger partial charge is 0.356 e. The molecule has 1 saturated carbocycles. The molecule has 1 atom stereocenters. The van der Waals surface area contributed by atoms with Crippen LogP contribution >= 0.6 is 0 Å². The van der Waals surface area contributed by atoms with Crippen molar-refractivity contribution in [1.29, 1.82) is 0 Å². The lowest BCUT2D eigenvalue weighted by Gasteiger charge is -2.31. The molecule has 2 amide bonds. The summed E-state index contributed by atoms with van der Waals surface area (Å²) in [6.07, 6.45) is 8.91. The first kappa shape index (κ1) is 16.3. The Bertz CT molecular complexity index is 343. The summed E-state index contributed by atoms with van der Waals surface area (Å²) in [5.74, 6) is 0.113. The van der Waals surface area contributed by atoms with Crippen LogP contribution in [0.1, 0.15) is 51.4 Å². The van der Waals surface area contributed by atoms with Gasteiger partial charge < -0.3 is 15.5 Å². The van der Waals surface area contributed by atoms with Gasteiger partial charge in [0.15, 0.2) is 0 Å². The molecule has 21 heavy (non-hydrogen) atoms. The standard InChI is InChI=1S/C16H29N3O2/c1-19(14-6-3-2-4-7-14)11-5-10-17-16(21)13-8-9-15(20)18-12-13/h13-14H,2-12H2,1H3,(H,17,21)(H,18,20). The molecule has 2 aliphatic rings. The summed E-state index contributed by atoms with van der Waals surface area (Å²) in [5.41, 5.74) is 0. The summed E-state index contributed by atoms with van der Waals surface area (Å²) < 4.78 is 0. The Morgan fingerprint density at radius 3 is 2.71 bits per heavy atom. The van der Waals surface area contributed by atoms with Crippen molar-refractivity contribution in [3.05, 3.63) is 0 Å². The van der Waals surface area contributed by atoms with Gasteiger partial charge in [-0.15, -0.1) is 0 Å². The van der Waals surface area contributed by atoms with E-state index in [1.165, 1.54) is 32.1 Å². The summed E-state index contributed by atoms with van der Waals surface area (Å²) in [4.78, 5) is 25.5. The molecule has 1 heterocycles. The van der Waals surface area contributed by atoms with Crippen LogP contribution in [0, 0.1) is 5.92 Å². The highest BCUT2D eigenvalue weighted by Crippen LogP contribution is 2.21. The van der Waals surface area contributed by atoms with Gasteiger partial charge in [-0.3, -0.25) is 9.59 Å². The molecule has 5 nitrogen and oxygen atoms in total. The second kappa shape index (κ2) is 8.37. The highest BCUT2D eigenvalue weighted by Gasteiger charge is 2.24. The topological polar surface area (TPSA) is 61.4 Å². The van der Waals surface area contributed by atoms with Crippen LogP contribution in [-0.2, 0) is 9.59 Å². The number of piperidine rings is 1. The lowest BCUT2D eigenvalue weighted by molar-refractivity contribution is -0.128. The molecule has 5 heteroatoms. The third-order valence-corrected chi connectivity index (χ3v) is 4.82. The van der Waals surface area contributed by atoms with Crippen molar-refractivity contribution in [3.8, 4) is 0 Å². The van der Waals surface area contributed by atoms with Crippen LogP contribution in [0.4, 0.5) is 0 Å². The van der Waals surface area contributed by atoms with Gasteiger partial charge in [0.25, 0.3) is 0 Å². The first-order chi connectivity index (χ1) is 10.2. The van der Waals surface area contributed by atoms with Crippen molar-refractivity contribution in [2.24, 2.45) is 5.92 Å². The smallest absolute Gasteiger partial charge is 0.224 e. The SMILES string of the molecule is CN(CCCNC(=O)C1CCC(=O)NC1)C1CCCCC1. The first-order valence-corrected chi connectivity index (χ1v) is 8.41. The van der Waals surface area contributed by atoms with E-state index < -0.39 is 0 Å². The van der Waals surface area contributed by atoms with Crippen molar-refractivity contribution in [2.45, 2.75) is 57.4 Å². The van der Waals surface area contributed by atoms with Crippen molar-refractivity contribution in [2.75, 3.05) is 26.7 Å². The number of nitrogens with one attached hydrogen (secondary N) is 2. The van der Waals surface area contributed by atoms with Gasteiger partial charge in [-0.05, 0) is 39.3 Å². The Morgan fingerprint density at radius 2 is 2.05 bits per heavy atom. The quantitative estimate of drug-likeness (QED) is 0.726. The van der Waals surface area contributed by atoms with E-state index in [2.05, 4.69) is 22.6 Å². The normalized spacial score (nSPS) is 23.9. The molecule has 2 rings (SSSR count). The number of hydrogen-bond donors (Lipinski definition) is 2. The third kappa shape index (κ3) is 5.30. The number of nitrogens with zero attached hydrogens (tertiary/aromatic N) is 1. The zero-order chi connectivity index (χ0) is 15.1. The third-order valence-electron chi connectivity index (χ3n) is 4.82. The lowest BCUT2D eigenvalue weighted by atomic mass is 9.94. The molecule has 0 bridgehead atoms. The van der Waals surface area contributed by atoms with Gasteiger partial charge in [-0.2, -0.15) is 0 Å².